The summed E-state index contributed by atoms with van der Waals surface area (Å²) in [6, 6.07) is 16.5. The minimum absolute atomic E-state index is 0.122. The molecule has 0 aliphatic carbocycles. The van der Waals surface area contributed by atoms with Crippen LogP contribution in [0, 0.1) is 11.3 Å². The van der Waals surface area contributed by atoms with Crippen LogP contribution in [0.25, 0.3) is 0 Å². The maximum atomic E-state index is 12.6. The lowest BCUT2D eigenvalue weighted by Gasteiger charge is -2.22. The summed E-state index contributed by atoms with van der Waals surface area (Å²) >= 11 is 0. The Hall–Kier alpha value is -2.80. The highest BCUT2D eigenvalue weighted by molar-refractivity contribution is 5.99. The smallest absolute Gasteiger partial charge is 0.256 e. The highest BCUT2D eigenvalue weighted by Gasteiger charge is 2.17. The summed E-state index contributed by atoms with van der Waals surface area (Å²) in [6.07, 6.45) is 0. The lowest BCUT2D eigenvalue weighted by atomic mass is 10.1. The van der Waals surface area contributed by atoms with Gasteiger partial charge in [-0.3, -0.25) is 4.79 Å². The molecule has 4 nitrogen and oxygen atoms in total. The largest absolute Gasteiger partial charge is 0.398 e. The summed E-state index contributed by atoms with van der Waals surface area (Å²) in [4.78, 5) is 14.2. The van der Waals surface area contributed by atoms with Crippen LogP contribution in [-0.4, -0.2) is 17.4 Å². The van der Waals surface area contributed by atoms with Gasteiger partial charge in [-0.15, -0.1) is 0 Å². The molecule has 1 amide bonds. The Morgan fingerprint density at radius 3 is 2.52 bits per heavy atom. The quantitative estimate of drug-likeness (QED) is 0.875. The van der Waals surface area contributed by atoms with E-state index in [2.05, 4.69) is 6.07 Å². The fourth-order valence-corrected chi connectivity index (χ4v) is 2.16. The number of nitrogen functional groups attached to an aromatic ring is 1. The predicted octanol–water partition coefficient (Wildman–Crippen LogP) is 2.80. The Bertz CT molecular complexity index is 688. The Balaban J connectivity index is 2.27. The first kappa shape index (κ1) is 14.6. The Morgan fingerprint density at radius 2 is 1.86 bits per heavy atom. The van der Waals surface area contributed by atoms with E-state index >= 15 is 0 Å². The number of hydrogen-bond acceptors (Lipinski definition) is 3. The number of anilines is 1. The molecule has 0 fully saturated rings. The molecule has 0 aliphatic heterocycles. The molecule has 2 rings (SSSR count). The molecular weight excluding hydrogens is 262 g/mol. The number of para-hydroxylation sites is 1. The van der Waals surface area contributed by atoms with Crippen LogP contribution >= 0.6 is 0 Å². The van der Waals surface area contributed by atoms with Crippen molar-refractivity contribution in [2.75, 3.05) is 12.3 Å². The normalized spacial score (nSPS) is 9.90. The molecule has 0 bridgehead atoms. The highest BCUT2D eigenvalue weighted by Crippen LogP contribution is 2.17. The third-order valence-corrected chi connectivity index (χ3v) is 3.36. The van der Waals surface area contributed by atoms with Crippen molar-refractivity contribution in [3.63, 3.8) is 0 Å². The number of rotatable bonds is 4. The van der Waals surface area contributed by atoms with Crippen LogP contribution in [0.15, 0.2) is 48.5 Å². The van der Waals surface area contributed by atoms with Gasteiger partial charge in [0.2, 0.25) is 0 Å². The van der Waals surface area contributed by atoms with Crippen molar-refractivity contribution >= 4 is 11.6 Å². The molecule has 0 radical (unpaired) electrons. The lowest BCUT2D eigenvalue weighted by Crippen LogP contribution is -2.31. The molecule has 2 N–H and O–H groups in total. The molecule has 4 heteroatoms. The van der Waals surface area contributed by atoms with Crippen LogP contribution in [-0.2, 0) is 6.54 Å². The predicted molar refractivity (Wildman–Crippen MR) is 82.4 cm³/mol. The van der Waals surface area contributed by atoms with Gasteiger partial charge in [0.05, 0.1) is 17.2 Å². The Kier molecular flexibility index (Phi) is 4.57. The van der Waals surface area contributed by atoms with Gasteiger partial charge in [-0.05, 0) is 30.7 Å². The van der Waals surface area contributed by atoms with Crippen LogP contribution in [0.2, 0.25) is 0 Å². The molecular formula is C17H17N3O. The molecule has 0 saturated carbocycles. The van der Waals surface area contributed by atoms with Crippen LogP contribution in [0.4, 0.5) is 5.69 Å². The van der Waals surface area contributed by atoms with E-state index in [1.807, 2.05) is 25.1 Å². The monoisotopic (exact) mass is 279 g/mol. The number of amides is 1. The van der Waals surface area contributed by atoms with E-state index in [1.54, 1.807) is 35.2 Å². The van der Waals surface area contributed by atoms with E-state index in [1.165, 1.54) is 0 Å². The standard InChI is InChI=1S/C17H17N3O/c1-2-20(12-14-8-4-3-7-13(14)11-18)17(21)15-9-5-6-10-16(15)19/h3-10H,2,12,19H2,1H3. The number of carbonyl (C=O) groups is 1. The van der Waals surface area contributed by atoms with Crippen molar-refractivity contribution in [3.05, 3.63) is 65.2 Å². The summed E-state index contributed by atoms with van der Waals surface area (Å²) in [5.41, 5.74) is 8.25. The molecule has 2 aromatic carbocycles. The average Bonchev–Trinajstić information content (AvgIpc) is 2.52. The number of benzene rings is 2. The molecule has 21 heavy (non-hydrogen) atoms. The Morgan fingerprint density at radius 1 is 1.19 bits per heavy atom. The highest BCUT2D eigenvalue weighted by atomic mass is 16.2. The van der Waals surface area contributed by atoms with Gasteiger partial charge in [0, 0.05) is 18.8 Å². The Labute approximate surface area is 124 Å². The van der Waals surface area contributed by atoms with Gasteiger partial charge >= 0.3 is 0 Å². The van der Waals surface area contributed by atoms with E-state index in [0.29, 0.717) is 29.9 Å². The van der Waals surface area contributed by atoms with Crippen molar-refractivity contribution in [2.45, 2.75) is 13.5 Å². The molecule has 0 unspecified atom stereocenters. The summed E-state index contributed by atoms with van der Waals surface area (Å²) in [7, 11) is 0. The minimum Gasteiger partial charge on any atom is -0.398 e. The van der Waals surface area contributed by atoms with Gasteiger partial charge in [-0.1, -0.05) is 30.3 Å². The average molecular weight is 279 g/mol. The lowest BCUT2D eigenvalue weighted by molar-refractivity contribution is 0.0753. The van der Waals surface area contributed by atoms with E-state index in [4.69, 9.17) is 11.0 Å². The van der Waals surface area contributed by atoms with E-state index in [-0.39, 0.29) is 5.91 Å². The molecule has 0 aromatic heterocycles. The van der Waals surface area contributed by atoms with Gasteiger partial charge in [0.15, 0.2) is 0 Å². The molecule has 106 valence electrons. The number of nitrogens with zero attached hydrogens (tertiary/aromatic N) is 2. The van der Waals surface area contributed by atoms with Crippen LogP contribution in [0.3, 0.4) is 0 Å². The molecule has 2 aromatic rings. The number of hydrogen-bond donors (Lipinski definition) is 1. The summed E-state index contributed by atoms with van der Waals surface area (Å²) < 4.78 is 0. The second kappa shape index (κ2) is 6.58. The third kappa shape index (κ3) is 3.21. The van der Waals surface area contributed by atoms with Crippen LogP contribution < -0.4 is 5.73 Å². The number of nitrogens with two attached hydrogens (primary N) is 1. The molecule has 0 spiro atoms. The van der Waals surface area contributed by atoms with Crippen molar-refractivity contribution in [1.29, 1.82) is 5.26 Å². The summed E-state index contributed by atoms with van der Waals surface area (Å²) in [5.74, 6) is -0.122. The van der Waals surface area contributed by atoms with Gasteiger partial charge in [-0.25, -0.2) is 0 Å². The van der Waals surface area contributed by atoms with Crippen LogP contribution in [0.5, 0.6) is 0 Å². The molecule has 0 aliphatic rings. The maximum absolute atomic E-state index is 12.6. The van der Waals surface area contributed by atoms with E-state index < -0.39 is 0 Å². The number of carbonyl (C=O) groups excluding carboxylic acids is 1. The molecule has 0 heterocycles. The fraction of sp³-hybridized carbons (Fsp3) is 0.176. The zero-order chi connectivity index (χ0) is 15.2. The van der Waals surface area contributed by atoms with Gasteiger partial charge in [-0.2, -0.15) is 5.26 Å². The first-order valence-corrected chi connectivity index (χ1v) is 6.79. The van der Waals surface area contributed by atoms with Gasteiger partial charge in [0.25, 0.3) is 5.91 Å². The fourth-order valence-electron chi connectivity index (χ4n) is 2.16. The maximum Gasteiger partial charge on any atom is 0.256 e. The van der Waals surface area contributed by atoms with E-state index in [9.17, 15) is 4.79 Å². The zero-order valence-corrected chi connectivity index (χ0v) is 11.9. The van der Waals surface area contributed by atoms with Crippen molar-refractivity contribution in [1.82, 2.24) is 4.90 Å². The molecule has 0 atom stereocenters. The zero-order valence-electron chi connectivity index (χ0n) is 11.9. The second-order valence-electron chi connectivity index (χ2n) is 4.68. The number of nitriles is 1. The van der Waals surface area contributed by atoms with Gasteiger partial charge < -0.3 is 10.6 Å². The van der Waals surface area contributed by atoms with Gasteiger partial charge in [0.1, 0.15) is 0 Å². The van der Waals surface area contributed by atoms with E-state index in [0.717, 1.165) is 5.56 Å². The third-order valence-electron chi connectivity index (χ3n) is 3.36. The molecule has 0 saturated heterocycles. The van der Waals surface area contributed by atoms with Crippen molar-refractivity contribution in [3.8, 4) is 6.07 Å². The summed E-state index contributed by atoms with van der Waals surface area (Å²) in [5, 5.41) is 9.13. The SMILES string of the molecule is CCN(Cc1ccccc1C#N)C(=O)c1ccccc1N. The van der Waals surface area contributed by atoms with Crippen molar-refractivity contribution < 1.29 is 4.79 Å². The first-order chi connectivity index (χ1) is 10.2. The van der Waals surface area contributed by atoms with Crippen LogP contribution in [0.1, 0.15) is 28.4 Å². The van der Waals surface area contributed by atoms with Crippen molar-refractivity contribution in [2.24, 2.45) is 0 Å². The first-order valence-electron chi connectivity index (χ1n) is 6.79. The summed E-state index contributed by atoms with van der Waals surface area (Å²) in [6.45, 7) is 2.85. The minimum atomic E-state index is -0.122. The second-order valence-corrected chi connectivity index (χ2v) is 4.68. The topological polar surface area (TPSA) is 70.1 Å².